The van der Waals surface area contributed by atoms with E-state index in [9.17, 15) is 10.1 Å². The first-order valence-electron chi connectivity index (χ1n) is 9.52. The first-order valence-corrected chi connectivity index (χ1v) is 13.6. The van der Waals surface area contributed by atoms with Gasteiger partial charge in [0.25, 0.3) is 5.69 Å². The van der Waals surface area contributed by atoms with E-state index in [0.29, 0.717) is 17.9 Å². The van der Waals surface area contributed by atoms with Crippen molar-refractivity contribution >= 4 is 68.3 Å². The van der Waals surface area contributed by atoms with Gasteiger partial charge in [0.1, 0.15) is 0 Å². The number of allylic oxidation sites excluding steroid dienone is 1. The highest BCUT2D eigenvalue weighted by atomic mass is 127. The third-order valence-electron chi connectivity index (χ3n) is 4.79. The zero-order valence-electron chi connectivity index (χ0n) is 16.6. The van der Waals surface area contributed by atoms with Gasteiger partial charge in [-0.1, -0.05) is 30.3 Å². The molecule has 1 unspecified atom stereocenters. The molecule has 0 aliphatic carbocycles. The lowest BCUT2D eigenvalue weighted by atomic mass is 10.1. The Labute approximate surface area is 198 Å². The van der Waals surface area contributed by atoms with Crippen LogP contribution in [0.25, 0.3) is 22.2 Å². The Morgan fingerprint density at radius 1 is 1.12 bits per heavy atom. The number of benzene rings is 3. The van der Waals surface area contributed by atoms with Crippen molar-refractivity contribution in [1.82, 2.24) is 14.9 Å². The lowest BCUT2D eigenvalue weighted by molar-refractivity contribution is -0.384. The van der Waals surface area contributed by atoms with Crippen LogP contribution in [0.15, 0.2) is 79.0 Å². The van der Waals surface area contributed by atoms with Crippen LogP contribution >= 0.6 is 28.4 Å². The van der Waals surface area contributed by atoms with Crippen LogP contribution in [0, 0.1) is 15.5 Å². The number of nitrogens with zero attached hydrogens (tertiary/aromatic N) is 3. The third-order valence-corrected chi connectivity index (χ3v) is 5.98. The number of nitro benzene ring substituents is 1. The Morgan fingerprint density at radius 3 is 2.62 bits per heavy atom. The van der Waals surface area contributed by atoms with Gasteiger partial charge in [0.15, 0.2) is 5.82 Å². The van der Waals surface area contributed by atoms with E-state index in [0.717, 1.165) is 27.7 Å². The summed E-state index contributed by atoms with van der Waals surface area (Å²) >= 11 is 2.24. The third kappa shape index (κ3) is 4.63. The predicted octanol–water partition coefficient (Wildman–Crippen LogP) is 6.20. The van der Waals surface area contributed by atoms with Crippen LogP contribution in [0.2, 0.25) is 0 Å². The standard InChI is InChI=1S/C22H18IN6O2P/c23-32-25-14-16(13-24)15-8-10-17(11-9-15)26-22-20-6-1-2-7-21(20)28(27-22)18-4-3-5-19(12-18)29(30)31/h1-14,24-25,32H,(H,26,27)/b16-14+,24-13?. The molecule has 1 aromatic heterocycles. The molecule has 0 fully saturated rings. The van der Waals surface area contributed by atoms with E-state index < -0.39 is 4.92 Å². The van der Waals surface area contributed by atoms with E-state index in [1.54, 1.807) is 16.8 Å². The molecular weight excluding hydrogens is 538 g/mol. The monoisotopic (exact) mass is 556 g/mol. The average molecular weight is 556 g/mol. The number of hydrogen-bond acceptors (Lipinski definition) is 6. The minimum atomic E-state index is -0.414. The number of non-ortho nitro benzene ring substituents is 1. The average Bonchev–Trinajstić information content (AvgIpc) is 3.19. The van der Waals surface area contributed by atoms with Crippen LogP contribution in [-0.2, 0) is 0 Å². The second kappa shape index (κ2) is 9.88. The molecule has 1 atom stereocenters. The van der Waals surface area contributed by atoms with Gasteiger partial charge in [-0.05, 0) is 57.9 Å². The van der Waals surface area contributed by atoms with Crippen molar-refractivity contribution < 1.29 is 4.92 Å². The smallest absolute Gasteiger partial charge is 0.271 e. The van der Waals surface area contributed by atoms with Gasteiger partial charge in [0.2, 0.25) is 0 Å². The van der Waals surface area contributed by atoms with Gasteiger partial charge in [0, 0.05) is 47.6 Å². The van der Waals surface area contributed by atoms with Crippen molar-refractivity contribution in [1.29, 1.82) is 5.41 Å². The summed E-state index contributed by atoms with van der Waals surface area (Å²) in [6.45, 7) is 0. The van der Waals surface area contributed by atoms with E-state index in [1.165, 1.54) is 18.3 Å². The molecule has 0 radical (unpaired) electrons. The molecule has 10 heteroatoms. The Bertz CT molecular complexity index is 1320. The maximum absolute atomic E-state index is 11.2. The van der Waals surface area contributed by atoms with Crippen LogP contribution in [0.3, 0.4) is 0 Å². The molecule has 3 N–H and O–H groups in total. The summed E-state index contributed by atoms with van der Waals surface area (Å²) in [5.41, 5.74) is 4.03. The number of fused-ring (bicyclic) bond motifs is 1. The Hall–Kier alpha value is -3.30. The van der Waals surface area contributed by atoms with Gasteiger partial charge in [-0.15, -0.1) is 5.10 Å². The highest BCUT2D eigenvalue weighted by Crippen LogP contribution is 2.29. The molecule has 0 bridgehead atoms. The number of para-hydroxylation sites is 1. The highest BCUT2D eigenvalue weighted by molar-refractivity contribution is 14.2. The molecular formula is C22H18IN6O2P. The second-order valence-electron chi connectivity index (χ2n) is 6.74. The molecule has 0 amide bonds. The fraction of sp³-hybridized carbons (Fsp3) is 0. The summed E-state index contributed by atoms with van der Waals surface area (Å²) in [6, 6.07) is 21.9. The molecule has 4 aromatic rings. The van der Waals surface area contributed by atoms with Gasteiger partial charge in [-0.25, -0.2) is 4.68 Å². The number of anilines is 2. The van der Waals surface area contributed by atoms with E-state index in [2.05, 4.69) is 32.4 Å². The molecule has 0 spiro atoms. The number of hydrogen-bond donors (Lipinski definition) is 3. The maximum Gasteiger partial charge on any atom is 0.271 e. The normalized spacial score (nSPS) is 11.7. The SMILES string of the molecule is N=C/C(=C\NPI)c1ccc(Nc2nn(-c3cccc([N+](=O)[O-])c3)c3ccccc23)cc1. The Kier molecular flexibility index (Phi) is 6.77. The zero-order valence-corrected chi connectivity index (χ0v) is 19.8. The fourth-order valence-electron chi connectivity index (χ4n) is 3.29. The topological polar surface area (TPSA) is 109 Å². The molecule has 0 saturated heterocycles. The quantitative estimate of drug-likeness (QED) is 0.0788. The number of aromatic nitrogens is 2. The van der Waals surface area contributed by atoms with Crippen molar-refractivity contribution in [2.24, 2.45) is 0 Å². The molecule has 32 heavy (non-hydrogen) atoms. The first-order chi connectivity index (χ1) is 15.6. The fourth-order valence-corrected chi connectivity index (χ4v) is 3.97. The molecule has 8 nitrogen and oxygen atoms in total. The maximum atomic E-state index is 11.2. The van der Waals surface area contributed by atoms with Crippen LogP contribution in [0.5, 0.6) is 0 Å². The summed E-state index contributed by atoms with van der Waals surface area (Å²) in [7, 11) is 0. The van der Waals surface area contributed by atoms with Crippen LogP contribution in [0.4, 0.5) is 17.2 Å². The van der Waals surface area contributed by atoms with Gasteiger partial charge < -0.3 is 15.8 Å². The molecule has 0 aliphatic rings. The minimum absolute atomic E-state index is 0.0137. The molecule has 1 heterocycles. The Balaban J connectivity index is 1.68. The van der Waals surface area contributed by atoms with Gasteiger partial charge in [-0.3, -0.25) is 10.1 Å². The zero-order chi connectivity index (χ0) is 22.5. The number of nitrogens with one attached hydrogen (secondary N) is 3. The number of halogens is 1. The lowest BCUT2D eigenvalue weighted by Gasteiger charge is -2.07. The summed E-state index contributed by atoms with van der Waals surface area (Å²) in [6.07, 6.45) is 3.68. The van der Waals surface area contributed by atoms with Crippen molar-refractivity contribution in [2.45, 2.75) is 0 Å². The molecule has 160 valence electrons. The van der Waals surface area contributed by atoms with Crippen molar-refractivity contribution in [3.8, 4) is 5.69 Å². The van der Waals surface area contributed by atoms with E-state index in [4.69, 9.17) is 10.5 Å². The largest absolute Gasteiger partial charge is 0.364 e. The van der Waals surface area contributed by atoms with Crippen molar-refractivity contribution in [3.63, 3.8) is 0 Å². The summed E-state index contributed by atoms with van der Waals surface area (Å²) < 4.78 is 1.70. The van der Waals surface area contributed by atoms with Crippen molar-refractivity contribution in [2.75, 3.05) is 5.32 Å². The second-order valence-corrected chi connectivity index (χ2v) is 8.84. The minimum Gasteiger partial charge on any atom is -0.364 e. The molecule has 3 aromatic carbocycles. The summed E-state index contributed by atoms with van der Waals surface area (Å²) in [5.74, 6) is 0.649. The molecule has 4 rings (SSSR count). The van der Waals surface area contributed by atoms with E-state index >= 15 is 0 Å². The molecule has 0 aliphatic heterocycles. The number of nitro groups is 1. The van der Waals surface area contributed by atoms with E-state index in [1.807, 2.05) is 54.7 Å². The van der Waals surface area contributed by atoms with Crippen LogP contribution in [-0.4, -0.2) is 20.9 Å². The first kappa shape index (κ1) is 21.9. The summed E-state index contributed by atoms with van der Waals surface area (Å²) in [4.78, 5) is 10.8. The van der Waals surface area contributed by atoms with Gasteiger partial charge in [-0.2, -0.15) is 0 Å². The van der Waals surface area contributed by atoms with Crippen molar-refractivity contribution in [3.05, 3.63) is 94.7 Å². The van der Waals surface area contributed by atoms with Crippen LogP contribution < -0.4 is 10.4 Å². The van der Waals surface area contributed by atoms with Gasteiger partial charge >= 0.3 is 0 Å². The molecule has 0 saturated carbocycles. The lowest BCUT2D eigenvalue weighted by Crippen LogP contribution is -1.99. The Morgan fingerprint density at radius 2 is 1.91 bits per heavy atom. The highest BCUT2D eigenvalue weighted by Gasteiger charge is 2.14. The van der Waals surface area contributed by atoms with Gasteiger partial charge in [0.05, 0.1) is 16.1 Å². The van der Waals surface area contributed by atoms with Crippen LogP contribution in [0.1, 0.15) is 5.56 Å². The summed E-state index contributed by atoms with van der Waals surface area (Å²) in [5, 5.41) is 30.9. The van der Waals surface area contributed by atoms with E-state index in [-0.39, 0.29) is 5.69 Å². The predicted molar refractivity (Wildman–Crippen MR) is 140 cm³/mol. The number of rotatable bonds is 8.